The molecule has 1 N–H and O–H groups in total. The molecular formula is C17H11Cl2N5O2S. The normalized spacial score (nSPS) is 11.0. The van der Waals surface area contributed by atoms with Gasteiger partial charge < -0.3 is 9.73 Å². The van der Waals surface area contributed by atoms with Crippen molar-refractivity contribution in [3.8, 4) is 11.5 Å². The minimum atomic E-state index is -0.225. The van der Waals surface area contributed by atoms with Crippen LogP contribution in [0.15, 0.2) is 58.3 Å². The fourth-order valence-electron chi connectivity index (χ4n) is 2.37. The van der Waals surface area contributed by atoms with Gasteiger partial charge in [0.1, 0.15) is 5.69 Å². The lowest BCUT2D eigenvalue weighted by Gasteiger charge is -2.06. The molecule has 0 fully saturated rings. The third-order valence-corrected chi connectivity index (χ3v) is 4.84. The standard InChI is InChI=1S/C17H11Cl2N5O2S/c18-10-6-11(19)8-12(7-10)20-16(25)9-27-17-22-21-15-4-3-13(23-24(15)17)14-2-1-5-26-14/h1-8H,9H2,(H,20,25). The van der Waals surface area contributed by atoms with Crippen LogP contribution in [0.3, 0.4) is 0 Å². The highest BCUT2D eigenvalue weighted by atomic mass is 35.5. The van der Waals surface area contributed by atoms with Crippen LogP contribution in [0, 0.1) is 0 Å². The maximum Gasteiger partial charge on any atom is 0.234 e. The summed E-state index contributed by atoms with van der Waals surface area (Å²) in [6, 6.07) is 12.0. The van der Waals surface area contributed by atoms with Gasteiger partial charge in [-0.15, -0.1) is 10.2 Å². The number of rotatable bonds is 5. The number of carbonyl (C=O) groups is 1. The van der Waals surface area contributed by atoms with Gasteiger partial charge in [0.05, 0.1) is 12.0 Å². The third kappa shape index (κ3) is 4.08. The smallest absolute Gasteiger partial charge is 0.234 e. The Labute approximate surface area is 167 Å². The molecule has 0 aliphatic carbocycles. The summed E-state index contributed by atoms with van der Waals surface area (Å²) in [6.07, 6.45) is 1.58. The van der Waals surface area contributed by atoms with Crippen molar-refractivity contribution < 1.29 is 9.21 Å². The number of anilines is 1. The van der Waals surface area contributed by atoms with E-state index >= 15 is 0 Å². The lowest BCUT2D eigenvalue weighted by Crippen LogP contribution is -2.14. The number of carbonyl (C=O) groups excluding carboxylic acids is 1. The quantitative estimate of drug-likeness (QED) is 0.481. The number of nitrogens with zero attached hydrogens (tertiary/aromatic N) is 4. The Balaban J connectivity index is 1.48. The Kier molecular flexibility index (Phi) is 5.02. The maximum absolute atomic E-state index is 12.2. The number of thioether (sulfide) groups is 1. The molecule has 4 rings (SSSR count). The molecule has 0 saturated carbocycles. The Morgan fingerprint density at radius 3 is 2.70 bits per heavy atom. The molecule has 0 unspecified atom stereocenters. The van der Waals surface area contributed by atoms with E-state index in [9.17, 15) is 4.79 Å². The second-order valence-corrected chi connectivity index (χ2v) is 7.26. The van der Waals surface area contributed by atoms with E-state index in [1.54, 1.807) is 47.2 Å². The zero-order valence-corrected chi connectivity index (χ0v) is 15.9. The van der Waals surface area contributed by atoms with Crippen LogP contribution in [0.1, 0.15) is 0 Å². The lowest BCUT2D eigenvalue weighted by molar-refractivity contribution is -0.113. The van der Waals surface area contributed by atoms with Crippen LogP contribution >= 0.6 is 35.0 Å². The fraction of sp³-hybridized carbons (Fsp3) is 0.0588. The van der Waals surface area contributed by atoms with Crippen LogP contribution in [0.5, 0.6) is 0 Å². The van der Waals surface area contributed by atoms with Gasteiger partial charge in [0, 0.05) is 15.7 Å². The van der Waals surface area contributed by atoms with Crippen LogP contribution < -0.4 is 5.32 Å². The topological polar surface area (TPSA) is 85.3 Å². The fourth-order valence-corrected chi connectivity index (χ4v) is 3.58. The molecule has 0 radical (unpaired) electrons. The van der Waals surface area contributed by atoms with E-state index in [1.807, 2.05) is 6.07 Å². The maximum atomic E-state index is 12.2. The molecule has 3 heterocycles. The van der Waals surface area contributed by atoms with E-state index in [-0.39, 0.29) is 11.7 Å². The average Bonchev–Trinajstić information content (AvgIpc) is 3.28. The molecule has 10 heteroatoms. The second kappa shape index (κ2) is 7.59. The number of hydrogen-bond donors (Lipinski definition) is 1. The number of fused-ring (bicyclic) bond motifs is 1. The van der Waals surface area contributed by atoms with Crippen molar-refractivity contribution in [1.29, 1.82) is 0 Å². The largest absolute Gasteiger partial charge is 0.463 e. The number of halogens is 2. The molecule has 136 valence electrons. The van der Waals surface area contributed by atoms with E-state index in [1.165, 1.54) is 11.8 Å². The highest BCUT2D eigenvalue weighted by Crippen LogP contribution is 2.24. The Bertz CT molecular complexity index is 1090. The molecule has 3 aromatic heterocycles. The van der Waals surface area contributed by atoms with Crippen LogP contribution in [0.25, 0.3) is 17.1 Å². The van der Waals surface area contributed by atoms with Crippen molar-refractivity contribution in [3.63, 3.8) is 0 Å². The number of hydrogen-bond acceptors (Lipinski definition) is 6. The van der Waals surface area contributed by atoms with Gasteiger partial charge in [-0.05, 0) is 42.5 Å². The van der Waals surface area contributed by atoms with Crippen LogP contribution in [0.4, 0.5) is 5.69 Å². The van der Waals surface area contributed by atoms with E-state index in [4.69, 9.17) is 27.6 Å². The summed E-state index contributed by atoms with van der Waals surface area (Å²) in [5.74, 6) is 0.534. The first-order chi connectivity index (χ1) is 13.1. The van der Waals surface area contributed by atoms with Gasteiger partial charge >= 0.3 is 0 Å². The predicted molar refractivity (Wildman–Crippen MR) is 104 cm³/mol. The molecule has 7 nitrogen and oxygen atoms in total. The monoisotopic (exact) mass is 419 g/mol. The number of benzene rings is 1. The molecule has 1 aromatic carbocycles. The Morgan fingerprint density at radius 2 is 1.96 bits per heavy atom. The van der Waals surface area contributed by atoms with Crippen LogP contribution in [-0.2, 0) is 4.79 Å². The summed E-state index contributed by atoms with van der Waals surface area (Å²) in [5.41, 5.74) is 1.75. The van der Waals surface area contributed by atoms with E-state index in [0.717, 1.165) is 0 Å². The van der Waals surface area contributed by atoms with Crippen molar-refractivity contribution in [2.45, 2.75) is 5.16 Å². The number of furan rings is 1. The van der Waals surface area contributed by atoms with Crippen molar-refractivity contribution in [2.75, 3.05) is 11.1 Å². The Morgan fingerprint density at radius 1 is 1.15 bits per heavy atom. The number of nitrogens with one attached hydrogen (secondary N) is 1. The van der Waals surface area contributed by atoms with E-state index in [0.29, 0.717) is 38.0 Å². The molecule has 0 saturated heterocycles. The van der Waals surface area contributed by atoms with Gasteiger partial charge in [0.2, 0.25) is 11.1 Å². The molecule has 0 spiro atoms. The predicted octanol–water partition coefficient (Wildman–Crippen LogP) is 4.42. The van der Waals surface area contributed by atoms with Crippen molar-refractivity contribution in [1.82, 2.24) is 19.8 Å². The minimum absolute atomic E-state index is 0.123. The highest BCUT2D eigenvalue weighted by Gasteiger charge is 2.13. The van der Waals surface area contributed by atoms with Crippen molar-refractivity contribution >= 4 is 52.2 Å². The Hall–Kier alpha value is -2.55. The molecule has 0 atom stereocenters. The van der Waals surface area contributed by atoms with Crippen LogP contribution in [-0.4, -0.2) is 31.5 Å². The lowest BCUT2D eigenvalue weighted by atomic mass is 10.3. The van der Waals surface area contributed by atoms with Crippen LogP contribution in [0.2, 0.25) is 10.0 Å². The zero-order valence-electron chi connectivity index (χ0n) is 13.6. The minimum Gasteiger partial charge on any atom is -0.463 e. The summed E-state index contributed by atoms with van der Waals surface area (Å²) in [5, 5.41) is 16.8. The first-order valence-electron chi connectivity index (χ1n) is 7.73. The molecule has 0 aliphatic rings. The summed E-state index contributed by atoms with van der Waals surface area (Å²) in [6.45, 7) is 0. The van der Waals surface area contributed by atoms with Gasteiger partial charge in [-0.3, -0.25) is 4.79 Å². The highest BCUT2D eigenvalue weighted by molar-refractivity contribution is 7.99. The molecule has 1 amide bonds. The molecule has 0 bridgehead atoms. The zero-order chi connectivity index (χ0) is 18.8. The number of amides is 1. The average molecular weight is 420 g/mol. The van der Waals surface area contributed by atoms with Gasteiger partial charge in [-0.25, -0.2) is 0 Å². The first kappa shape index (κ1) is 17.8. The summed E-state index contributed by atoms with van der Waals surface area (Å²) < 4.78 is 6.94. The van der Waals surface area contributed by atoms with Crippen molar-refractivity contribution in [3.05, 3.63) is 58.8 Å². The van der Waals surface area contributed by atoms with Gasteiger partial charge in [-0.1, -0.05) is 35.0 Å². The summed E-state index contributed by atoms with van der Waals surface area (Å²) in [7, 11) is 0. The first-order valence-corrected chi connectivity index (χ1v) is 9.48. The SMILES string of the molecule is O=C(CSc1nnc2ccc(-c3ccco3)nn12)Nc1cc(Cl)cc(Cl)c1. The second-order valence-electron chi connectivity index (χ2n) is 5.44. The summed E-state index contributed by atoms with van der Waals surface area (Å²) >= 11 is 13.1. The molecule has 27 heavy (non-hydrogen) atoms. The van der Waals surface area contributed by atoms with Crippen molar-refractivity contribution in [2.24, 2.45) is 0 Å². The van der Waals surface area contributed by atoms with E-state index < -0.39 is 0 Å². The molecule has 0 aliphatic heterocycles. The number of aromatic nitrogens is 4. The van der Waals surface area contributed by atoms with E-state index in [2.05, 4.69) is 20.6 Å². The third-order valence-electron chi connectivity index (χ3n) is 3.49. The molecular weight excluding hydrogens is 409 g/mol. The van der Waals surface area contributed by atoms with Gasteiger partial charge in [-0.2, -0.15) is 9.61 Å². The summed E-state index contributed by atoms with van der Waals surface area (Å²) in [4.78, 5) is 12.2. The van der Waals surface area contributed by atoms with Gasteiger partial charge in [0.15, 0.2) is 11.4 Å². The molecule has 4 aromatic rings. The van der Waals surface area contributed by atoms with Gasteiger partial charge in [0.25, 0.3) is 0 Å².